The average molecular weight is 267 g/mol. The van der Waals surface area contributed by atoms with Crippen molar-refractivity contribution >= 4 is 29.4 Å². The van der Waals surface area contributed by atoms with Gasteiger partial charge in [-0.3, -0.25) is 0 Å². The Kier molecular flexibility index (Phi) is 4.09. The van der Waals surface area contributed by atoms with Gasteiger partial charge in [-0.1, -0.05) is 12.1 Å². The number of halogens is 1. The van der Waals surface area contributed by atoms with Crippen LogP contribution in [0, 0.1) is 0 Å². The summed E-state index contributed by atoms with van der Waals surface area (Å²) < 4.78 is 0. The van der Waals surface area contributed by atoms with Crippen LogP contribution in [0.3, 0.4) is 0 Å². The first-order chi connectivity index (χ1) is 8.34. The second-order valence-electron chi connectivity index (χ2n) is 4.69. The van der Waals surface area contributed by atoms with Gasteiger partial charge in [0.25, 0.3) is 0 Å². The quantitative estimate of drug-likeness (QED) is 0.876. The Morgan fingerprint density at radius 1 is 1.33 bits per heavy atom. The molecule has 0 bridgehead atoms. The van der Waals surface area contributed by atoms with E-state index in [0.717, 1.165) is 30.1 Å². The molecule has 2 heterocycles. The maximum absolute atomic E-state index is 4.63. The Balaban J connectivity index is 0.00000120. The van der Waals surface area contributed by atoms with Crippen molar-refractivity contribution in [1.29, 1.82) is 0 Å². The summed E-state index contributed by atoms with van der Waals surface area (Å²) >= 11 is 0. The smallest absolute Gasteiger partial charge is 0.203 e. The fraction of sp³-hybridized carbons (Fsp3) is 0.462. The standard InChI is InChI=1S/C13H18N4.ClH/c1-17(10-5-4-8-14-9-10)13-15-11-6-2-3-7-12(11)16-13;/h2-3,6-7,10,14H,4-5,8-9H2,1H3,(H,15,16);1H/t10-;/m0./s1. The maximum Gasteiger partial charge on any atom is 0.203 e. The number of nitrogens with zero attached hydrogens (tertiary/aromatic N) is 2. The molecular formula is C13H19ClN4. The minimum absolute atomic E-state index is 0. The van der Waals surface area contributed by atoms with Gasteiger partial charge in [-0.05, 0) is 31.5 Å². The van der Waals surface area contributed by atoms with E-state index in [1.165, 1.54) is 12.8 Å². The SMILES string of the molecule is CN(c1nc2ccccc2[nH]1)[C@H]1CCCNC1.Cl. The summed E-state index contributed by atoms with van der Waals surface area (Å²) in [7, 11) is 2.12. The van der Waals surface area contributed by atoms with Gasteiger partial charge in [0.05, 0.1) is 11.0 Å². The molecule has 1 fully saturated rings. The predicted octanol–water partition coefficient (Wildman–Crippen LogP) is 2.17. The van der Waals surface area contributed by atoms with Gasteiger partial charge in [-0.15, -0.1) is 12.4 Å². The fourth-order valence-electron chi connectivity index (χ4n) is 2.44. The number of hydrogen-bond donors (Lipinski definition) is 2. The lowest BCUT2D eigenvalue weighted by molar-refractivity contribution is 0.442. The van der Waals surface area contributed by atoms with Crippen LogP contribution in [-0.2, 0) is 0 Å². The molecule has 2 aromatic rings. The van der Waals surface area contributed by atoms with Crippen LogP contribution in [0.1, 0.15) is 12.8 Å². The van der Waals surface area contributed by atoms with Crippen LogP contribution >= 0.6 is 12.4 Å². The fourth-order valence-corrected chi connectivity index (χ4v) is 2.44. The summed E-state index contributed by atoms with van der Waals surface area (Å²) in [4.78, 5) is 10.3. The van der Waals surface area contributed by atoms with Crippen molar-refractivity contribution < 1.29 is 0 Å². The van der Waals surface area contributed by atoms with E-state index < -0.39 is 0 Å². The van der Waals surface area contributed by atoms with Crippen LogP contribution in [0.4, 0.5) is 5.95 Å². The molecule has 1 aromatic heterocycles. The molecule has 1 saturated heterocycles. The zero-order chi connectivity index (χ0) is 11.7. The normalized spacial score (nSPS) is 19.5. The molecule has 0 saturated carbocycles. The van der Waals surface area contributed by atoms with Gasteiger partial charge in [0.2, 0.25) is 5.95 Å². The zero-order valence-corrected chi connectivity index (χ0v) is 11.3. The molecule has 18 heavy (non-hydrogen) atoms. The molecule has 0 aliphatic carbocycles. The number of anilines is 1. The minimum Gasteiger partial charge on any atom is -0.341 e. The number of benzene rings is 1. The summed E-state index contributed by atoms with van der Waals surface area (Å²) in [5.74, 6) is 0.972. The number of rotatable bonds is 2. The van der Waals surface area contributed by atoms with Gasteiger partial charge < -0.3 is 15.2 Å². The summed E-state index contributed by atoms with van der Waals surface area (Å²) in [6.07, 6.45) is 2.48. The first kappa shape index (κ1) is 13.2. The number of fused-ring (bicyclic) bond motifs is 1. The molecule has 1 aliphatic heterocycles. The Labute approximate surface area is 113 Å². The van der Waals surface area contributed by atoms with E-state index in [4.69, 9.17) is 0 Å². The van der Waals surface area contributed by atoms with E-state index in [2.05, 4.69) is 33.3 Å². The van der Waals surface area contributed by atoms with Crippen molar-refractivity contribution in [3.63, 3.8) is 0 Å². The third-order valence-corrected chi connectivity index (χ3v) is 3.53. The number of imidazole rings is 1. The molecule has 1 aromatic carbocycles. The van der Waals surface area contributed by atoms with Gasteiger partial charge in [0.15, 0.2) is 0 Å². The number of H-pyrrole nitrogens is 1. The molecule has 0 radical (unpaired) electrons. The van der Waals surface area contributed by atoms with Gasteiger partial charge >= 0.3 is 0 Å². The lowest BCUT2D eigenvalue weighted by Gasteiger charge is -2.31. The van der Waals surface area contributed by atoms with Crippen molar-refractivity contribution in [3.8, 4) is 0 Å². The summed E-state index contributed by atoms with van der Waals surface area (Å²) in [6.45, 7) is 2.19. The second kappa shape index (κ2) is 5.59. The highest BCUT2D eigenvalue weighted by Crippen LogP contribution is 2.19. The van der Waals surface area contributed by atoms with Gasteiger partial charge in [-0.2, -0.15) is 0 Å². The molecule has 1 atom stereocenters. The molecule has 5 heteroatoms. The topological polar surface area (TPSA) is 44.0 Å². The highest BCUT2D eigenvalue weighted by molar-refractivity contribution is 5.85. The molecule has 3 rings (SSSR count). The Hall–Kier alpha value is -1.26. The third-order valence-electron chi connectivity index (χ3n) is 3.53. The molecular weight excluding hydrogens is 248 g/mol. The van der Waals surface area contributed by atoms with Crippen LogP contribution in [0.25, 0.3) is 11.0 Å². The van der Waals surface area contributed by atoms with Crippen LogP contribution in [0.15, 0.2) is 24.3 Å². The number of aromatic nitrogens is 2. The van der Waals surface area contributed by atoms with E-state index in [1.54, 1.807) is 0 Å². The molecule has 1 aliphatic rings. The molecule has 0 unspecified atom stereocenters. The Morgan fingerprint density at radius 3 is 2.89 bits per heavy atom. The first-order valence-corrected chi connectivity index (χ1v) is 6.23. The average Bonchev–Trinajstić information content (AvgIpc) is 2.82. The minimum atomic E-state index is 0. The zero-order valence-electron chi connectivity index (χ0n) is 10.5. The molecule has 4 nitrogen and oxygen atoms in total. The van der Waals surface area contributed by atoms with Gasteiger partial charge in [0.1, 0.15) is 0 Å². The van der Waals surface area contributed by atoms with E-state index in [-0.39, 0.29) is 12.4 Å². The Morgan fingerprint density at radius 2 is 2.17 bits per heavy atom. The van der Waals surface area contributed by atoms with Crippen LogP contribution < -0.4 is 10.2 Å². The largest absolute Gasteiger partial charge is 0.341 e. The van der Waals surface area contributed by atoms with Crippen molar-refractivity contribution in [2.45, 2.75) is 18.9 Å². The van der Waals surface area contributed by atoms with Gasteiger partial charge in [0, 0.05) is 19.6 Å². The highest BCUT2D eigenvalue weighted by Gasteiger charge is 2.19. The lowest BCUT2D eigenvalue weighted by atomic mass is 10.1. The number of para-hydroxylation sites is 2. The lowest BCUT2D eigenvalue weighted by Crippen LogP contribution is -2.44. The number of piperidine rings is 1. The highest BCUT2D eigenvalue weighted by atomic mass is 35.5. The van der Waals surface area contributed by atoms with Crippen molar-refractivity contribution in [2.75, 3.05) is 25.0 Å². The molecule has 98 valence electrons. The van der Waals surface area contributed by atoms with Crippen molar-refractivity contribution in [1.82, 2.24) is 15.3 Å². The van der Waals surface area contributed by atoms with E-state index in [1.807, 2.05) is 18.2 Å². The number of likely N-dealkylation sites (N-methyl/N-ethyl adjacent to an activating group) is 1. The maximum atomic E-state index is 4.63. The van der Waals surface area contributed by atoms with Crippen LogP contribution in [-0.4, -0.2) is 36.1 Å². The molecule has 0 spiro atoms. The van der Waals surface area contributed by atoms with E-state index in [0.29, 0.717) is 6.04 Å². The number of hydrogen-bond acceptors (Lipinski definition) is 3. The third kappa shape index (κ3) is 2.44. The van der Waals surface area contributed by atoms with Crippen LogP contribution in [0.5, 0.6) is 0 Å². The molecule has 0 amide bonds. The Bertz CT molecular complexity index is 471. The van der Waals surface area contributed by atoms with Crippen LogP contribution in [0.2, 0.25) is 0 Å². The first-order valence-electron chi connectivity index (χ1n) is 6.23. The van der Waals surface area contributed by atoms with Gasteiger partial charge in [-0.25, -0.2) is 4.98 Å². The van der Waals surface area contributed by atoms with E-state index in [9.17, 15) is 0 Å². The summed E-state index contributed by atoms with van der Waals surface area (Å²) in [5.41, 5.74) is 2.15. The van der Waals surface area contributed by atoms with E-state index >= 15 is 0 Å². The summed E-state index contributed by atoms with van der Waals surface area (Å²) in [5, 5.41) is 3.44. The second-order valence-corrected chi connectivity index (χ2v) is 4.69. The number of aromatic amines is 1. The van der Waals surface area contributed by atoms with Crippen molar-refractivity contribution in [2.24, 2.45) is 0 Å². The monoisotopic (exact) mass is 266 g/mol. The number of nitrogens with one attached hydrogen (secondary N) is 2. The summed E-state index contributed by atoms with van der Waals surface area (Å²) in [6, 6.07) is 8.71. The molecule has 2 N–H and O–H groups in total. The predicted molar refractivity (Wildman–Crippen MR) is 77.6 cm³/mol. The van der Waals surface area contributed by atoms with Crippen molar-refractivity contribution in [3.05, 3.63) is 24.3 Å².